The Balaban J connectivity index is 2.40. The van der Waals surface area contributed by atoms with E-state index in [1.807, 2.05) is 13.0 Å². The van der Waals surface area contributed by atoms with Crippen molar-refractivity contribution in [1.82, 2.24) is 0 Å². The highest BCUT2D eigenvalue weighted by Crippen LogP contribution is 2.57. The number of hydrogen-bond donors (Lipinski definition) is 1. The molecule has 2 N–H and O–H groups in total. The number of benzene rings is 1. The first kappa shape index (κ1) is 9.66. The lowest BCUT2D eigenvalue weighted by molar-refractivity contribution is 0.590. The topological polar surface area (TPSA) is 26.0 Å². The van der Waals surface area contributed by atoms with Gasteiger partial charge in [-0.1, -0.05) is 26.0 Å². The molecule has 1 saturated carbocycles. The third-order valence-corrected chi connectivity index (χ3v) is 3.56. The zero-order valence-electron chi connectivity index (χ0n) is 8.84. The van der Waals surface area contributed by atoms with Crippen LogP contribution in [0.15, 0.2) is 18.2 Å². The largest absolute Gasteiger partial charge is 0.327 e. The maximum absolute atomic E-state index is 13.3. The Labute approximate surface area is 84.1 Å². The molecule has 1 nitrogen and oxygen atoms in total. The molecule has 0 amide bonds. The van der Waals surface area contributed by atoms with Crippen LogP contribution in [0.5, 0.6) is 0 Å². The van der Waals surface area contributed by atoms with Crippen LogP contribution >= 0.6 is 0 Å². The van der Waals surface area contributed by atoms with Gasteiger partial charge in [0.2, 0.25) is 0 Å². The Bertz CT molecular complexity index is 371. The van der Waals surface area contributed by atoms with Gasteiger partial charge in [0.05, 0.1) is 0 Å². The Kier molecular flexibility index (Phi) is 1.93. The summed E-state index contributed by atoms with van der Waals surface area (Å²) in [5, 5.41) is 0. The van der Waals surface area contributed by atoms with Crippen LogP contribution in [0.1, 0.15) is 30.9 Å². The molecule has 2 heteroatoms. The summed E-state index contributed by atoms with van der Waals surface area (Å²) in [6, 6.07) is 5.42. The minimum atomic E-state index is -0.127. The lowest BCUT2D eigenvalue weighted by atomic mass is 9.98. The first-order valence-electron chi connectivity index (χ1n) is 4.97. The molecular weight excluding hydrogens is 177 g/mol. The maximum Gasteiger partial charge on any atom is 0.126 e. The zero-order valence-corrected chi connectivity index (χ0v) is 8.84. The van der Waals surface area contributed by atoms with E-state index in [0.717, 1.165) is 11.1 Å². The fourth-order valence-corrected chi connectivity index (χ4v) is 2.23. The average Bonchev–Trinajstić information content (AvgIpc) is 2.59. The molecule has 0 heterocycles. The fourth-order valence-electron chi connectivity index (χ4n) is 2.23. The van der Waals surface area contributed by atoms with E-state index < -0.39 is 0 Å². The van der Waals surface area contributed by atoms with Gasteiger partial charge >= 0.3 is 0 Å². The van der Waals surface area contributed by atoms with E-state index in [2.05, 4.69) is 13.8 Å². The minimum absolute atomic E-state index is 0.124. The molecule has 0 aliphatic heterocycles. The third-order valence-electron chi connectivity index (χ3n) is 3.56. The van der Waals surface area contributed by atoms with E-state index in [4.69, 9.17) is 5.73 Å². The Morgan fingerprint density at radius 2 is 1.93 bits per heavy atom. The molecule has 1 aliphatic carbocycles. The molecule has 0 unspecified atom stereocenters. The van der Waals surface area contributed by atoms with Gasteiger partial charge in [0.15, 0.2) is 0 Å². The number of rotatable bonds is 1. The molecule has 0 saturated heterocycles. The molecule has 1 aromatic rings. The van der Waals surface area contributed by atoms with Crippen molar-refractivity contribution >= 4 is 0 Å². The zero-order chi connectivity index (χ0) is 10.5. The van der Waals surface area contributed by atoms with Crippen molar-refractivity contribution in [1.29, 1.82) is 0 Å². The second-order valence-electron chi connectivity index (χ2n) is 4.78. The van der Waals surface area contributed by atoms with Gasteiger partial charge in [-0.15, -0.1) is 0 Å². The molecule has 14 heavy (non-hydrogen) atoms. The van der Waals surface area contributed by atoms with Gasteiger partial charge in [0, 0.05) is 12.0 Å². The molecule has 1 aliphatic rings. The predicted molar refractivity (Wildman–Crippen MR) is 55.6 cm³/mol. The lowest BCUT2D eigenvalue weighted by Crippen LogP contribution is -2.06. The number of hydrogen-bond acceptors (Lipinski definition) is 1. The summed E-state index contributed by atoms with van der Waals surface area (Å²) in [7, 11) is 0. The van der Waals surface area contributed by atoms with Crippen LogP contribution in [0, 0.1) is 18.2 Å². The molecule has 2 rings (SSSR count). The molecule has 76 valence electrons. The molecule has 0 bridgehead atoms. The molecule has 1 fully saturated rings. The highest BCUT2D eigenvalue weighted by molar-refractivity contribution is 5.39. The summed E-state index contributed by atoms with van der Waals surface area (Å²) >= 11 is 0. The van der Waals surface area contributed by atoms with E-state index in [1.165, 1.54) is 6.07 Å². The summed E-state index contributed by atoms with van der Waals surface area (Å²) < 4.78 is 13.3. The van der Waals surface area contributed by atoms with Crippen LogP contribution in [-0.2, 0) is 0 Å². The summed E-state index contributed by atoms with van der Waals surface area (Å²) in [6.45, 7) is 6.09. The van der Waals surface area contributed by atoms with Crippen molar-refractivity contribution in [3.8, 4) is 0 Å². The van der Waals surface area contributed by atoms with Crippen LogP contribution in [0.2, 0.25) is 0 Å². The van der Waals surface area contributed by atoms with Crippen LogP contribution in [-0.4, -0.2) is 6.04 Å². The van der Waals surface area contributed by atoms with Gasteiger partial charge in [-0.2, -0.15) is 0 Å². The smallest absolute Gasteiger partial charge is 0.126 e. The van der Waals surface area contributed by atoms with Crippen LogP contribution < -0.4 is 5.73 Å². The van der Waals surface area contributed by atoms with Gasteiger partial charge in [-0.25, -0.2) is 4.39 Å². The Hall–Kier alpha value is -0.890. The van der Waals surface area contributed by atoms with Crippen molar-refractivity contribution in [2.75, 3.05) is 0 Å². The standard InChI is InChI=1S/C12H16FN/c1-7-8(5-4-6-9(7)13)10-11(14)12(10,2)3/h4-6,10-11H,14H2,1-3H3/t10-,11-/m0/s1. The van der Waals surface area contributed by atoms with Crippen molar-refractivity contribution < 1.29 is 4.39 Å². The minimum Gasteiger partial charge on any atom is -0.327 e. The summed E-state index contributed by atoms with van der Waals surface area (Å²) in [5.41, 5.74) is 7.92. The van der Waals surface area contributed by atoms with E-state index in [0.29, 0.717) is 5.92 Å². The van der Waals surface area contributed by atoms with Crippen molar-refractivity contribution in [2.24, 2.45) is 11.1 Å². The van der Waals surface area contributed by atoms with E-state index >= 15 is 0 Å². The van der Waals surface area contributed by atoms with E-state index in [9.17, 15) is 4.39 Å². The number of halogens is 1. The third kappa shape index (κ3) is 1.17. The molecule has 2 atom stereocenters. The highest BCUT2D eigenvalue weighted by Gasteiger charge is 2.56. The quantitative estimate of drug-likeness (QED) is 0.729. The Morgan fingerprint density at radius 3 is 2.43 bits per heavy atom. The van der Waals surface area contributed by atoms with Crippen molar-refractivity contribution in [3.05, 3.63) is 35.1 Å². The fraction of sp³-hybridized carbons (Fsp3) is 0.500. The van der Waals surface area contributed by atoms with Crippen LogP contribution in [0.4, 0.5) is 4.39 Å². The average molecular weight is 193 g/mol. The SMILES string of the molecule is Cc1c(F)cccc1[C@H]1[C@H](N)C1(C)C. The van der Waals surface area contributed by atoms with Crippen molar-refractivity contribution in [2.45, 2.75) is 32.7 Å². The summed E-state index contributed by atoms with van der Waals surface area (Å²) in [4.78, 5) is 0. The van der Waals surface area contributed by atoms with Gasteiger partial charge in [-0.05, 0) is 29.5 Å². The lowest BCUT2D eigenvalue weighted by Gasteiger charge is -2.07. The first-order chi connectivity index (χ1) is 6.46. The second kappa shape index (κ2) is 2.80. The highest BCUT2D eigenvalue weighted by atomic mass is 19.1. The molecule has 0 radical (unpaired) electrons. The van der Waals surface area contributed by atoms with Gasteiger partial charge in [0.25, 0.3) is 0 Å². The van der Waals surface area contributed by atoms with Gasteiger partial charge < -0.3 is 5.73 Å². The van der Waals surface area contributed by atoms with Gasteiger partial charge in [-0.3, -0.25) is 0 Å². The summed E-state index contributed by atoms with van der Waals surface area (Å²) in [5.74, 6) is 0.190. The molecule has 0 aromatic heterocycles. The molecule has 0 spiro atoms. The monoisotopic (exact) mass is 193 g/mol. The van der Waals surface area contributed by atoms with Crippen molar-refractivity contribution in [3.63, 3.8) is 0 Å². The maximum atomic E-state index is 13.3. The van der Waals surface area contributed by atoms with Crippen LogP contribution in [0.3, 0.4) is 0 Å². The van der Waals surface area contributed by atoms with Gasteiger partial charge in [0.1, 0.15) is 5.82 Å². The van der Waals surface area contributed by atoms with E-state index in [1.54, 1.807) is 6.07 Å². The predicted octanol–water partition coefficient (Wildman–Crippen LogP) is 2.58. The second-order valence-corrected chi connectivity index (χ2v) is 4.78. The van der Waals surface area contributed by atoms with Crippen LogP contribution in [0.25, 0.3) is 0 Å². The molecule has 1 aromatic carbocycles. The normalized spacial score (nSPS) is 28.9. The summed E-state index contributed by atoms with van der Waals surface area (Å²) in [6.07, 6.45) is 0. The van der Waals surface area contributed by atoms with E-state index in [-0.39, 0.29) is 17.3 Å². The number of nitrogens with two attached hydrogens (primary N) is 1. The molecular formula is C12H16FN. The Morgan fingerprint density at radius 1 is 1.36 bits per heavy atom. The first-order valence-corrected chi connectivity index (χ1v) is 4.97.